The maximum absolute atomic E-state index is 12.7. The van der Waals surface area contributed by atoms with Gasteiger partial charge in [0.05, 0.1) is 6.61 Å². The molecule has 3 aliphatic carbocycles. The van der Waals surface area contributed by atoms with E-state index in [0.717, 1.165) is 37.8 Å². The van der Waals surface area contributed by atoms with E-state index in [9.17, 15) is 4.79 Å². The first-order chi connectivity index (χ1) is 10.0. The van der Waals surface area contributed by atoms with Gasteiger partial charge in [-0.3, -0.25) is 5.32 Å². The van der Waals surface area contributed by atoms with Crippen LogP contribution in [0.15, 0.2) is 0 Å². The number of hydrogen-bond acceptors (Lipinski definition) is 4. The van der Waals surface area contributed by atoms with E-state index in [2.05, 4.69) is 24.2 Å². The van der Waals surface area contributed by atoms with Crippen LogP contribution in [0.25, 0.3) is 0 Å². The summed E-state index contributed by atoms with van der Waals surface area (Å²) in [5.41, 5.74) is -0.454. The average molecular weight is 294 g/mol. The Balaban J connectivity index is 1.68. The lowest BCUT2D eigenvalue weighted by atomic mass is 9.91. The molecule has 0 spiro atoms. The van der Waals surface area contributed by atoms with Crippen molar-refractivity contribution in [2.24, 2.45) is 17.8 Å². The lowest BCUT2D eigenvalue weighted by molar-refractivity contribution is -0.153. The second-order valence-electron chi connectivity index (χ2n) is 7.55. The molecule has 3 atom stereocenters. The normalized spacial score (nSPS) is 31.0. The molecule has 0 radical (unpaired) electrons. The van der Waals surface area contributed by atoms with Crippen molar-refractivity contribution in [3.05, 3.63) is 0 Å². The average Bonchev–Trinajstić information content (AvgIpc) is 3.25. The highest BCUT2D eigenvalue weighted by atomic mass is 16.5. The fraction of sp³-hybridized carbons (Fsp3) is 0.941. The molecule has 1 N–H and O–H groups in total. The van der Waals surface area contributed by atoms with Crippen molar-refractivity contribution >= 4 is 5.97 Å². The van der Waals surface area contributed by atoms with Gasteiger partial charge in [-0.2, -0.15) is 0 Å². The number of likely N-dealkylation sites (N-methyl/N-ethyl adjacent to an activating group) is 1. The Hall–Kier alpha value is -0.610. The summed E-state index contributed by atoms with van der Waals surface area (Å²) in [5.74, 6) is 2.14. The van der Waals surface area contributed by atoms with Gasteiger partial charge >= 0.3 is 5.97 Å². The zero-order valence-electron chi connectivity index (χ0n) is 13.7. The minimum absolute atomic E-state index is 0.0184. The molecule has 3 unspecified atom stereocenters. The minimum Gasteiger partial charge on any atom is -0.465 e. The number of nitrogens with one attached hydrogen (secondary N) is 1. The Bertz CT molecular complexity index is 392. The number of carbonyl (C=O) groups is 1. The number of carbonyl (C=O) groups excluding carboxylic acids is 1. The van der Waals surface area contributed by atoms with Crippen LogP contribution in [0, 0.1) is 17.8 Å². The van der Waals surface area contributed by atoms with Crippen molar-refractivity contribution < 1.29 is 9.53 Å². The van der Waals surface area contributed by atoms with Crippen LogP contribution >= 0.6 is 0 Å². The van der Waals surface area contributed by atoms with Gasteiger partial charge in [-0.05, 0) is 63.8 Å². The van der Waals surface area contributed by atoms with Crippen LogP contribution in [0.1, 0.15) is 46.0 Å². The molecular weight excluding hydrogens is 264 g/mol. The molecule has 0 amide bonds. The highest BCUT2D eigenvalue weighted by Crippen LogP contribution is 2.44. The van der Waals surface area contributed by atoms with Crippen LogP contribution in [0.4, 0.5) is 0 Å². The van der Waals surface area contributed by atoms with Crippen molar-refractivity contribution in [2.45, 2.75) is 57.5 Å². The van der Waals surface area contributed by atoms with Gasteiger partial charge in [0.2, 0.25) is 0 Å². The highest BCUT2D eigenvalue weighted by molar-refractivity contribution is 5.82. The maximum Gasteiger partial charge on any atom is 0.327 e. The van der Waals surface area contributed by atoms with Gasteiger partial charge in [-0.1, -0.05) is 6.92 Å². The molecule has 0 aromatic carbocycles. The fourth-order valence-electron chi connectivity index (χ4n) is 3.55. The second-order valence-corrected chi connectivity index (χ2v) is 7.55. The van der Waals surface area contributed by atoms with Crippen LogP contribution in [-0.4, -0.2) is 49.2 Å². The number of nitrogens with zero attached hydrogens (tertiary/aromatic N) is 1. The van der Waals surface area contributed by atoms with E-state index >= 15 is 0 Å². The minimum atomic E-state index is -0.454. The lowest BCUT2D eigenvalue weighted by Crippen LogP contribution is -2.61. The molecular formula is C17H30N2O2. The molecule has 0 aliphatic heterocycles. The molecule has 4 nitrogen and oxygen atoms in total. The third kappa shape index (κ3) is 3.59. The van der Waals surface area contributed by atoms with Crippen molar-refractivity contribution in [2.75, 3.05) is 26.7 Å². The molecule has 0 aromatic heterocycles. The molecule has 0 bridgehead atoms. The van der Waals surface area contributed by atoms with Gasteiger partial charge in [0.25, 0.3) is 0 Å². The first-order valence-corrected chi connectivity index (χ1v) is 8.68. The summed E-state index contributed by atoms with van der Waals surface area (Å²) in [5, 5.41) is 3.67. The second kappa shape index (κ2) is 5.88. The zero-order valence-corrected chi connectivity index (χ0v) is 13.7. The van der Waals surface area contributed by atoms with E-state index < -0.39 is 5.54 Å². The molecule has 0 saturated heterocycles. The van der Waals surface area contributed by atoms with E-state index in [-0.39, 0.29) is 5.97 Å². The van der Waals surface area contributed by atoms with Crippen LogP contribution in [0.3, 0.4) is 0 Å². The summed E-state index contributed by atoms with van der Waals surface area (Å²) < 4.78 is 5.45. The van der Waals surface area contributed by atoms with E-state index in [1.165, 1.54) is 19.3 Å². The third-order valence-electron chi connectivity index (χ3n) is 5.29. The molecule has 21 heavy (non-hydrogen) atoms. The molecule has 4 heteroatoms. The molecule has 3 saturated carbocycles. The van der Waals surface area contributed by atoms with Crippen molar-refractivity contribution in [3.8, 4) is 0 Å². The van der Waals surface area contributed by atoms with Gasteiger partial charge in [0.15, 0.2) is 0 Å². The van der Waals surface area contributed by atoms with Crippen LogP contribution in [0.5, 0.6) is 0 Å². The van der Waals surface area contributed by atoms with Gasteiger partial charge in [0, 0.05) is 19.1 Å². The third-order valence-corrected chi connectivity index (χ3v) is 5.29. The molecule has 3 aliphatic rings. The zero-order chi connectivity index (χ0) is 15.0. The Kier molecular flexibility index (Phi) is 4.28. The Morgan fingerprint density at radius 3 is 2.48 bits per heavy atom. The van der Waals surface area contributed by atoms with Crippen molar-refractivity contribution in [3.63, 3.8) is 0 Å². The molecule has 0 aromatic rings. The highest BCUT2D eigenvalue weighted by Gasteiger charge is 2.54. The van der Waals surface area contributed by atoms with Gasteiger partial charge < -0.3 is 9.64 Å². The fourth-order valence-corrected chi connectivity index (χ4v) is 3.55. The lowest BCUT2D eigenvalue weighted by Gasteiger charge is -2.36. The topological polar surface area (TPSA) is 41.6 Å². The first kappa shape index (κ1) is 15.3. The number of hydrogen-bond donors (Lipinski definition) is 1. The Morgan fingerprint density at radius 1 is 1.33 bits per heavy atom. The van der Waals surface area contributed by atoms with Crippen molar-refractivity contribution in [1.82, 2.24) is 10.2 Å². The quantitative estimate of drug-likeness (QED) is 0.661. The standard InChI is InChI=1S/C17H30N2O2/c1-4-21-16(20)17(14-5-6-14,18-15-7-8-15)11-19(3)10-13-9-12(13)2/h12-15,18H,4-11H2,1-3H3. The molecule has 3 rings (SSSR count). The maximum atomic E-state index is 12.7. The largest absolute Gasteiger partial charge is 0.465 e. The Morgan fingerprint density at radius 2 is 2.00 bits per heavy atom. The van der Waals surface area contributed by atoms with Crippen LogP contribution in [-0.2, 0) is 9.53 Å². The van der Waals surface area contributed by atoms with Crippen LogP contribution in [0.2, 0.25) is 0 Å². The predicted molar refractivity (Wildman–Crippen MR) is 83.0 cm³/mol. The van der Waals surface area contributed by atoms with E-state index in [1.807, 2.05) is 6.92 Å². The van der Waals surface area contributed by atoms with Gasteiger partial charge in [0.1, 0.15) is 5.54 Å². The predicted octanol–water partition coefficient (Wildman–Crippen LogP) is 2.04. The molecule has 0 heterocycles. The van der Waals surface area contributed by atoms with E-state index in [0.29, 0.717) is 18.6 Å². The monoisotopic (exact) mass is 294 g/mol. The summed E-state index contributed by atoms with van der Waals surface area (Å²) in [4.78, 5) is 15.1. The van der Waals surface area contributed by atoms with E-state index in [4.69, 9.17) is 4.74 Å². The summed E-state index contributed by atoms with van der Waals surface area (Å²) in [6.45, 7) is 6.61. The molecule has 120 valence electrons. The number of rotatable bonds is 9. The van der Waals surface area contributed by atoms with Crippen LogP contribution < -0.4 is 5.32 Å². The first-order valence-electron chi connectivity index (χ1n) is 8.68. The van der Waals surface area contributed by atoms with Gasteiger partial charge in [-0.15, -0.1) is 0 Å². The Labute approximate surface area is 128 Å². The summed E-state index contributed by atoms with van der Waals surface area (Å²) in [6, 6.07) is 0.531. The number of esters is 1. The SMILES string of the molecule is CCOC(=O)C(CN(C)CC1CC1C)(NC1CC1)C1CC1. The number of ether oxygens (including phenoxy) is 1. The smallest absolute Gasteiger partial charge is 0.327 e. The summed E-state index contributed by atoms with van der Waals surface area (Å²) >= 11 is 0. The van der Waals surface area contributed by atoms with Crippen molar-refractivity contribution in [1.29, 1.82) is 0 Å². The van der Waals surface area contributed by atoms with E-state index in [1.54, 1.807) is 0 Å². The summed E-state index contributed by atoms with van der Waals surface area (Å²) in [6.07, 6.45) is 6.07. The van der Waals surface area contributed by atoms with Gasteiger partial charge in [-0.25, -0.2) is 4.79 Å². The summed E-state index contributed by atoms with van der Waals surface area (Å²) in [7, 11) is 2.16. The molecule has 3 fully saturated rings.